The lowest BCUT2D eigenvalue weighted by Crippen LogP contribution is -2.47. The van der Waals surface area contributed by atoms with Crippen LogP contribution in [-0.2, 0) is 27.4 Å². The fourth-order valence-corrected chi connectivity index (χ4v) is 5.74. The van der Waals surface area contributed by atoms with Crippen LogP contribution in [-0.4, -0.2) is 72.5 Å². The lowest BCUT2D eigenvalue weighted by Gasteiger charge is -2.31. The Bertz CT molecular complexity index is 991. The molecule has 39 heavy (non-hydrogen) atoms. The number of nitrogens with zero attached hydrogens (tertiary/aromatic N) is 3. The Labute approximate surface area is 238 Å². The van der Waals surface area contributed by atoms with E-state index in [0.717, 1.165) is 54.9 Å². The van der Waals surface area contributed by atoms with E-state index in [1.165, 1.54) is 37.8 Å². The van der Waals surface area contributed by atoms with Crippen LogP contribution in [0.4, 0.5) is 4.39 Å². The number of unbranched alkanes of at least 4 members (excludes halogenated alkanes) is 6. The third kappa shape index (κ3) is 11.4. The molecule has 8 heteroatoms. The molecule has 216 valence electrons. The van der Waals surface area contributed by atoms with Crippen molar-refractivity contribution in [1.82, 2.24) is 14.7 Å². The molecule has 0 atom stereocenters. The average molecular weight is 560 g/mol. The van der Waals surface area contributed by atoms with Crippen LogP contribution in [0.3, 0.4) is 0 Å². The first-order chi connectivity index (χ1) is 19.0. The molecule has 1 aromatic carbocycles. The highest BCUT2D eigenvalue weighted by atomic mass is 32.1. The molecule has 0 unspecified atom stereocenters. The van der Waals surface area contributed by atoms with Gasteiger partial charge >= 0.3 is 0 Å². The maximum Gasteiger partial charge on any atom is 0.242 e. The number of halogens is 1. The highest BCUT2D eigenvalue weighted by Gasteiger charge is 2.23. The van der Waals surface area contributed by atoms with Crippen molar-refractivity contribution in [3.8, 4) is 0 Å². The van der Waals surface area contributed by atoms with Gasteiger partial charge in [0, 0.05) is 44.0 Å². The molecule has 2 aromatic rings. The molecular formula is C31H46FN3O3S. The molecule has 1 saturated heterocycles. The van der Waals surface area contributed by atoms with E-state index in [0.29, 0.717) is 39.3 Å². The van der Waals surface area contributed by atoms with Gasteiger partial charge in [-0.3, -0.25) is 14.5 Å². The normalized spacial score (nSPS) is 13.9. The van der Waals surface area contributed by atoms with Gasteiger partial charge in [-0.05, 0) is 48.1 Å². The van der Waals surface area contributed by atoms with Gasteiger partial charge in [-0.1, -0.05) is 57.6 Å². The Morgan fingerprint density at radius 1 is 0.923 bits per heavy atom. The number of morpholine rings is 1. The van der Waals surface area contributed by atoms with Crippen molar-refractivity contribution in [1.29, 1.82) is 0 Å². The SMILES string of the molecule is CCCCCCCCCC(=O)N(CCN1CCOCC1)CC(=O)N(Cc1ccc(F)cc1)Cc1sccc1C. The van der Waals surface area contributed by atoms with Gasteiger partial charge in [0.25, 0.3) is 0 Å². The van der Waals surface area contributed by atoms with Gasteiger partial charge in [0.2, 0.25) is 11.8 Å². The van der Waals surface area contributed by atoms with Gasteiger partial charge in [0.05, 0.1) is 26.3 Å². The predicted molar refractivity (Wildman–Crippen MR) is 156 cm³/mol. The first kappa shape index (κ1) is 31.2. The number of aryl methyl sites for hydroxylation is 1. The van der Waals surface area contributed by atoms with E-state index < -0.39 is 0 Å². The van der Waals surface area contributed by atoms with Crippen LogP contribution in [0.15, 0.2) is 35.7 Å². The maximum absolute atomic E-state index is 13.7. The van der Waals surface area contributed by atoms with Crippen LogP contribution in [0.5, 0.6) is 0 Å². The Morgan fingerprint density at radius 2 is 1.62 bits per heavy atom. The molecule has 1 aliphatic rings. The molecule has 3 rings (SSSR count). The van der Waals surface area contributed by atoms with E-state index in [1.54, 1.807) is 33.3 Å². The third-order valence-corrected chi connectivity index (χ3v) is 8.41. The smallest absolute Gasteiger partial charge is 0.242 e. The number of carbonyl (C=O) groups is 2. The van der Waals surface area contributed by atoms with Gasteiger partial charge < -0.3 is 14.5 Å². The molecule has 0 bridgehead atoms. The van der Waals surface area contributed by atoms with Crippen molar-refractivity contribution < 1.29 is 18.7 Å². The van der Waals surface area contributed by atoms with Crippen molar-refractivity contribution in [3.63, 3.8) is 0 Å². The van der Waals surface area contributed by atoms with Crippen LogP contribution in [0.25, 0.3) is 0 Å². The fraction of sp³-hybridized carbons (Fsp3) is 0.613. The Hall–Kier alpha value is -2.29. The van der Waals surface area contributed by atoms with Crippen LogP contribution in [0.1, 0.15) is 74.3 Å². The number of hydrogen-bond donors (Lipinski definition) is 0. The molecule has 0 spiro atoms. The first-order valence-electron chi connectivity index (χ1n) is 14.6. The lowest BCUT2D eigenvalue weighted by molar-refractivity contribution is -0.141. The summed E-state index contributed by atoms with van der Waals surface area (Å²) in [6.45, 7) is 9.55. The molecule has 1 aliphatic heterocycles. The third-order valence-electron chi connectivity index (χ3n) is 7.40. The van der Waals surface area contributed by atoms with Crippen LogP contribution >= 0.6 is 11.3 Å². The van der Waals surface area contributed by atoms with Gasteiger partial charge in [0.15, 0.2) is 0 Å². The maximum atomic E-state index is 13.7. The highest BCUT2D eigenvalue weighted by Crippen LogP contribution is 2.20. The van der Waals surface area contributed by atoms with Gasteiger partial charge in [0.1, 0.15) is 5.82 Å². The Balaban J connectivity index is 1.65. The summed E-state index contributed by atoms with van der Waals surface area (Å²) in [7, 11) is 0. The molecule has 0 aliphatic carbocycles. The monoisotopic (exact) mass is 559 g/mol. The summed E-state index contributed by atoms with van der Waals surface area (Å²) in [6, 6.07) is 8.35. The van der Waals surface area contributed by atoms with Crippen LogP contribution in [0.2, 0.25) is 0 Å². The van der Waals surface area contributed by atoms with E-state index in [9.17, 15) is 14.0 Å². The number of thiophene rings is 1. The van der Waals surface area contributed by atoms with E-state index in [2.05, 4.69) is 17.9 Å². The van der Waals surface area contributed by atoms with Crippen molar-refractivity contribution in [3.05, 3.63) is 57.5 Å². The minimum absolute atomic E-state index is 0.0548. The zero-order valence-corrected chi connectivity index (χ0v) is 24.7. The number of rotatable bonds is 17. The van der Waals surface area contributed by atoms with E-state index >= 15 is 0 Å². The Morgan fingerprint density at radius 3 is 2.28 bits per heavy atom. The Kier molecular flexibility index (Phi) is 13.9. The molecule has 2 heterocycles. The van der Waals surface area contributed by atoms with Crippen LogP contribution in [0, 0.1) is 12.7 Å². The summed E-state index contributed by atoms with van der Waals surface area (Å²) in [5, 5.41) is 2.03. The molecule has 1 aromatic heterocycles. The van der Waals surface area contributed by atoms with Gasteiger partial charge in [-0.25, -0.2) is 4.39 Å². The van der Waals surface area contributed by atoms with E-state index in [-0.39, 0.29) is 24.2 Å². The van der Waals surface area contributed by atoms with Crippen LogP contribution < -0.4 is 0 Å². The molecular weight excluding hydrogens is 513 g/mol. The predicted octanol–water partition coefficient (Wildman–Crippen LogP) is 6.03. The largest absolute Gasteiger partial charge is 0.379 e. The zero-order chi connectivity index (χ0) is 27.9. The molecule has 2 amide bonds. The highest BCUT2D eigenvalue weighted by molar-refractivity contribution is 7.10. The zero-order valence-electron chi connectivity index (χ0n) is 23.8. The second-order valence-electron chi connectivity index (χ2n) is 10.5. The fourth-order valence-electron chi connectivity index (χ4n) is 4.82. The summed E-state index contributed by atoms with van der Waals surface area (Å²) in [4.78, 5) is 34.1. The summed E-state index contributed by atoms with van der Waals surface area (Å²) in [5.74, 6) is -0.322. The molecule has 6 nitrogen and oxygen atoms in total. The molecule has 0 radical (unpaired) electrons. The second kappa shape index (κ2) is 17.4. The van der Waals surface area contributed by atoms with Gasteiger partial charge in [-0.2, -0.15) is 0 Å². The van der Waals surface area contributed by atoms with E-state index in [4.69, 9.17) is 4.74 Å². The topological polar surface area (TPSA) is 53.1 Å². The summed E-state index contributed by atoms with van der Waals surface area (Å²) < 4.78 is 19.0. The van der Waals surface area contributed by atoms with Crippen molar-refractivity contribution >= 4 is 23.2 Å². The standard InChI is InChI=1S/C31H46FN3O3S/c1-3-4-5-6-7-8-9-10-30(36)34(17-16-33-18-20-38-21-19-33)25-31(37)35(24-29-26(2)15-22-39-29)23-27-11-13-28(32)14-12-27/h11-15,22H,3-10,16-21,23-25H2,1-2H3. The summed E-state index contributed by atoms with van der Waals surface area (Å²) >= 11 is 1.63. The summed E-state index contributed by atoms with van der Waals surface area (Å²) in [6.07, 6.45) is 8.54. The van der Waals surface area contributed by atoms with Crippen molar-refractivity contribution in [2.45, 2.75) is 78.3 Å². The number of amides is 2. The number of hydrogen-bond acceptors (Lipinski definition) is 5. The number of benzene rings is 1. The number of ether oxygens (including phenoxy) is 1. The lowest BCUT2D eigenvalue weighted by atomic mass is 10.1. The van der Waals surface area contributed by atoms with Crippen molar-refractivity contribution in [2.75, 3.05) is 45.9 Å². The van der Waals surface area contributed by atoms with E-state index in [1.807, 2.05) is 12.3 Å². The minimum Gasteiger partial charge on any atom is -0.379 e. The average Bonchev–Trinajstić information content (AvgIpc) is 3.35. The quantitative estimate of drug-likeness (QED) is 0.222. The molecule has 0 saturated carbocycles. The molecule has 0 N–H and O–H groups in total. The van der Waals surface area contributed by atoms with Crippen molar-refractivity contribution in [2.24, 2.45) is 0 Å². The first-order valence-corrected chi connectivity index (χ1v) is 15.5. The summed E-state index contributed by atoms with van der Waals surface area (Å²) in [5.41, 5.74) is 2.02. The minimum atomic E-state index is -0.295. The van der Waals surface area contributed by atoms with Gasteiger partial charge in [-0.15, -0.1) is 11.3 Å². The second-order valence-corrected chi connectivity index (χ2v) is 11.5. The molecule has 1 fully saturated rings. The number of carbonyl (C=O) groups excluding carboxylic acids is 2.